The van der Waals surface area contributed by atoms with E-state index in [2.05, 4.69) is 20.9 Å². The summed E-state index contributed by atoms with van der Waals surface area (Å²) in [6.45, 7) is 4.45. The van der Waals surface area contributed by atoms with E-state index in [0.717, 1.165) is 56.3 Å². The third-order valence-corrected chi connectivity index (χ3v) is 6.94. The van der Waals surface area contributed by atoms with Gasteiger partial charge in [0.2, 0.25) is 5.91 Å². The van der Waals surface area contributed by atoms with Gasteiger partial charge < -0.3 is 25.3 Å². The summed E-state index contributed by atoms with van der Waals surface area (Å²) < 4.78 is 35.0. The van der Waals surface area contributed by atoms with Crippen molar-refractivity contribution >= 4 is 11.7 Å². The maximum Gasteiger partial charge on any atom is 0.242 e. The number of ether oxygens (including phenoxy) is 1. The number of carbonyl (C=O) groups excluding carboxylic acids is 1. The van der Waals surface area contributed by atoms with E-state index in [9.17, 15) is 13.6 Å². The number of nitrogens with one attached hydrogen (secondary N) is 3. The van der Waals surface area contributed by atoms with Gasteiger partial charge in [0.25, 0.3) is 0 Å². The molecular weight excluding hydrogens is 488 g/mol. The van der Waals surface area contributed by atoms with Crippen molar-refractivity contribution in [3.63, 3.8) is 0 Å². The molecule has 3 aromatic rings. The Labute approximate surface area is 223 Å². The van der Waals surface area contributed by atoms with Crippen LogP contribution in [0.3, 0.4) is 0 Å². The third-order valence-electron chi connectivity index (χ3n) is 6.94. The number of hydrogen-bond donors (Lipinski definition) is 3. The van der Waals surface area contributed by atoms with Gasteiger partial charge in [-0.2, -0.15) is 0 Å². The first-order valence-corrected chi connectivity index (χ1v) is 13.3. The molecule has 1 aliphatic rings. The van der Waals surface area contributed by atoms with Gasteiger partial charge in [0, 0.05) is 31.4 Å². The average Bonchev–Trinajstić information content (AvgIpc) is 3.35. The molecule has 0 aliphatic heterocycles. The molecule has 2 aromatic carbocycles. The first kappa shape index (κ1) is 27.7. The summed E-state index contributed by atoms with van der Waals surface area (Å²) in [5, 5.41) is 9.77. The van der Waals surface area contributed by atoms with Crippen molar-refractivity contribution in [3.05, 3.63) is 77.2 Å². The monoisotopic (exact) mass is 525 g/mol. The minimum atomic E-state index is -0.542. The number of rotatable bonds is 13. The van der Waals surface area contributed by atoms with Gasteiger partial charge in [-0.25, -0.2) is 13.8 Å². The van der Waals surface area contributed by atoms with Crippen LogP contribution in [-0.2, 0) is 30.7 Å². The number of imidazole rings is 1. The molecule has 38 heavy (non-hydrogen) atoms. The minimum Gasteiger partial charge on any atom is -0.497 e. The van der Waals surface area contributed by atoms with Crippen LogP contribution in [0.25, 0.3) is 0 Å². The first-order valence-electron chi connectivity index (χ1n) is 13.3. The molecule has 0 fully saturated rings. The second-order valence-corrected chi connectivity index (χ2v) is 9.84. The predicted octanol–water partition coefficient (Wildman–Crippen LogP) is 4.60. The van der Waals surface area contributed by atoms with Crippen LogP contribution in [0.15, 0.2) is 48.9 Å². The molecule has 0 saturated heterocycles. The summed E-state index contributed by atoms with van der Waals surface area (Å²) in [4.78, 5) is 17.4. The Kier molecular flexibility index (Phi) is 9.84. The molecular formula is C29H37F2N5O2. The molecule has 9 heteroatoms. The SMILES string of the molecule is CCC[C@H](NC1CCc2cc(F)cc(F)c2C1)C(=O)Nc1cn(CCCNCc2ccc(OC)cc2)cn1. The zero-order chi connectivity index (χ0) is 26.9. The van der Waals surface area contributed by atoms with Crippen LogP contribution in [0.5, 0.6) is 5.75 Å². The average molecular weight is 526 g/mol. The van der Waals surface area contributed by atoms with Gasteiger partial charge in [0.1, 0.15) is 17.4 Å². The highest BCUT2D eigenvalue weighted by atomic mass is 19.1. The van der Waals surface area contributed by atoms with Gasteiger partial charge >= 0.3 is 0 Å². The highest BCUT2D eigenvalue weighted by molar-refractivity contribution is 5.94. The first-order chi connectivity index (χ1) is 18.4. The highest BCUT2D eigenvalue weighted by Crippen LogP contribution is 2.26. The maximum atomic E-state index is 14.3. The normalized spacial score (nSPS) is 15.6. The van der Waals surface area contributed by atoms with Gasteiger partial charge in [-0.1, -0.05) is 25.5 Å². The Morgan fingerprint density at radius 3 is 2.82 bits per heavy atom. The largest absolute Gasteiger partial charge is 0.497 e. The minimum absolute atomic E-state index is 0.0484. The van der Waals surface area contributed by atoms with Crippen molar-refractivity contribution < 1.29 is 18.3 Å². The smallest absolute Gasteiger partial charge is 0.242 e. The van der Waals surface area contributed by atoms with Crippen molar-refractivity contribution in [2.75, 3.05) is 19.0 Å². The molecule has 204 valence electrons. The molecule has 3 N–H and O–H groups in total. The van der Waals surface area contributed by atoms with Gasteiger partial charge in [0.15, 0.2) is 5.82 Å². The number of fused-ring (bicyclic) bond motifs is 1. The summed E-state index contributed by atoms with van der Waals surface area (Å²) in [6.07, 6.45) is 7.71. The Morgan fingerprint density at radius 2 is 2.05 bits per heavy atom. The lowest BCUT2D eigenvalue weighted by atomic mass is 9.87. The standard InChI is InChI=1S/C29H37F2N5O2/c1-3-5-27(34-23-9-8-21-14-22(30)15-26(31)25(21)16-23)29(37)35-28-18-36(19-33-28)13-4-12-32-17-20-6-10-24(38-2)11-7-20/h6-7,10-11,14-15,18-19,23,27,32,34H,3-5,8-9,12-13,16-17H2,1-2H3,(H,35,37)/t23?,27-/m0/s1. The van der Waals surface area contributed by atoms with Gasteiger partial charge in [0.05, 0.1) is 19.5 Å². The quantitative estimate of drug-likeness (QED) is 0.284. The van der Waals surface area contributed by atoms with E-state index in [0.29, 0.717) is 30.6 Å². The van der Waals surface area contributed by atoms with Crippen LogP contribution in [0, 0.1) is 11.6 Å². The molecule has 1 amide bonds. The zero-order valence-corrected chi connectivity index (χ0v) is 22.1. The van der Waals surface area contributed by atoms with Gasteiger partial charge in [-0.3, -0.25) is 4.79 Å². The summed E-state index contributed by atoms with van der Waals surface area (Å²) in [6, 6.07) is 9.89. The van der Waals surface area contributed by atoms with E-state index in [1.807, 2.05) is 42.0 Å². The topological polar surface area (TPSA) is 80.2 Å². The number of hydrogen-bond acceptors (Lipinski definition) is 5. The second-order valence-electron chi connectivity index (χ2n) is 9.84. The van der Waals surface area contributed by atoms with Crippen LogP contribution in [0.4, 0.5) is 14.6 Å². The lowest BCUT2D eigenvalue weighted by Gasteiger charge is -2.29. The number of benzene rings is 2. The lowest BCUT2D eigenvalue weighted by Crippen LogP contribution is -2.48. The van der Waals surface area contributed by atoms with E-state index in [1.165, 1.54) is 11.6 Å². The summed E-state index contributed by atoms with van der Waals surface area (Å²) >= 11 is 0. The van der Waals surface area contributed by atoms with Crippen LogP contribution in [0.2, 0.25) is 0 Å². The number of nitrogens with zero attached hydrogens (tertiary/aromatic N) is 2. The number of carbonyl (C=O) groups is 1. The molecule has 0 bridgehead atoms. The van der Waals surface area contributed by atoms with Gasteiger partial charge in [-0.05, 0) is 73.5 Å². The number of aromatic nitrogens is 2. The van der Waals surface area contributed by atoms with Crippen LogP contribution in [0.1, 0.15) is 49.3 Å². The summed E-state index contributed by atoms with van der Waals surface area (Å²) in [5.74, 6) is 0.161. The van der Waals surface area contributed by atoms with E-state index in [4.69, 9.17) is 4.74 Å². The fourth-order valence-corrected chi connectivity index (χ4v) is 4.92. The van der Waals surface area contributed by atoms with E-state index in [-0.39, 0.29) is 11.9 Å². The van der Waals surface area contributed by atoms with E-state index < -0.39 is 17.7 Å². The Balaban J connectivity index is 1.22. The van der Waals surface area contributed by atoms with Gasteiger partial charge in [-0.15, -0.1) is 0 Å². The number of amides is 1. The second kappa shape index (κ2) is 13.5. The lowest BCUT2D eigenvalue weighted by molar-refractivity contribution is -0.118. The molecule has 1 unspecified atom stereocenters. The fourth-order valence-electron chi connectivity index (χ4n) is 4.92. The molecule has 1 aromatic heterocycles. The Morgan fingerprint density at radius 1 is 1.24 bits per heavy atom. The maximum absolute atomic E-state index is 14.3. The zero-order valence-electron chi connectivity index (χ0n) is 22.1. The molecule has 0 radical (unpaired) electrons. The summed E-state index contributed by atoms with van der Waals surface area (Å²) in [7, 11) is 1.66. The molecule has 7 nitrogen and oxygen atoms in total. The predicted molar refractivity (Wildman–Crippen MR) is 144 cm³/mol. The van der Waals surface area contributed by atoms with Crippen LogP contribution >= 0.6 is 0 Å². The molecule has 0 saturated carbocycles. The van der Waals surface area contributed by atoms with Crippen molar-refractivity contribution in [1.82, 2.24) is 20.2 Å². The number of halogens is 2. The van der Waals surface area contributed by atoms with Crippen LogP contribution < -0.4 is 20.7 Å². The molecule has 0 spiro atoms. The molecule has 1 heterocycles. The van der Waals surface area contributed by atoms with E-state index in [1.54, 1.807) is 13.4 Å². The third kappa shape index (κ3) is 7.61. The van der Waals surface area contributed by atoms with Crippen molar-refractivity contribution in [2.24, 2.45) is 0 Å². The Bertz CT molecular complexity index is 1200. The Hall–Kier alpha value is -3.30. The van der Waals surface area contributed by atoms with Crippen LogP contribution in [-0.4, -0.2) is 41.2 Å². The van der Waals surface area contributed by atoms with Crippen molar-refractivity contribution in [3.8, 4) is 5.75 Å². The molecule has 4 rings (SSSR count). The van der Waals surface area contributed by atoms with Crippen molar-refractivity contribution in [2.45, 2.75) is 70.6 Å². The summed E-state index contributed by atoms with van der Waals surface area (Å²) in [5.41, 5.74) is 2.46. The van der Waals surface area contributed by atoms with E-state index >= 15 is 0 Å². The number of methoxy groups -OCH3 is 1. The number of anilines is 1. The van der Waals surface area contributed by atoms with Crippen molar-refractivity contribution in [1.29, 1.82) is 0 Å². The molecule has 1 aliphatic carbocycles. The molecule has 2 atom stereocenters. The highest BCUT2D eigenvalue weighted by Gasteiger charge is 2.27. The fraction of sp³-hybridized carbons (Fsp3) is 0.448. The number of aryl methyl sites for hydroxylation is 2.